The molecular formula is C19H23N5O4. The van der Waals surface area contributed by atoms with E-state index in [1.807, 2.05) is 4.90 Å². The van der Waals surface area contributed by atoms with Crippen LogP contribution in [0.5, 0.6) is 11.5 Å². The third kappa shape index (κ3) is 4.30. The Hall–Kier alpha value is -3.36. The van der Waals surface area contributed by atoms with Crippen molar-refractivity contribution < 1.29 is 19.1 Å². The number of piperazine rings is 1. The Morgan fingerprint density at radius 3 is 2.21 bits per heavy atom. The molecule has 2 amide bonds. The van der Waals surface area contributed by atoms with Crippen LogP contribution in [0.3, 0.4) is 0 Å². The molecule has 2 aromatic rings. The van der Waals surface area contributed by atoms with Gasteiger partial charge in [0.2, 0.25) is 11.9 Å². The van der Waals surface area contributed by atoms with Crippen molar-refractivity contribution in [3.63, 3.8) is 0 Å². The molecule has 0 aliphatic carbocycles. The maximum absolute atomic E-state index is 12.5. The van der Waals surface area contributed by atoms with E-state index < -0.39 is 0 Å². The molecule has 28 heavy (non-hydrogen) atoms. The molecule has 1 fully saturated rings. The number of carbonyl (C=O) groups excluding carboxylic acids is 2. The molecule has 2 heterocycles. The normalized spacial score (nSPS) is 13.8. The van der Waals surface area contributed by atoms with Gasteiger partial charge in [-0.05, 0) is 12.1 Å². The largest absolute Gasteiger partial charge is 0.493 e. The fourth-order valence-corrected chi connectivity index (χ4v) is 2.94. The predicted octanol–water partition coefficient (Wildman–Crippen LogP) is 1.41. The maximum Gasteiger partial charge on any atom is 0.258 e. The van der Waals surface area contributed by atoms with E-state index in [0.29, 0.717) is 54.9 Å². The highest BCUT2D eigenvalue weighted by Crippen LogP contribution is 2.29. The number of amides is 2. The van der Waals surface area contributed by atoms with Crippen molar-refractivity contribution in [3.05, 3.63) is 36.2 Å². The molecule has 9 nitrogen and oxygen atoms in total. The van der Waals surface area contributed by atoms with Crippen molar-refractivity contribution in [2.75, 3.05) is 50.6 Å². The lowest BCUT2D eigenvalue weighted by atomic mass is 10.2. The summed E-state index contributed by atoms with van der Waals surface area (Å²) >= 11 is 0. The highest BCUT2D eigenvalue weighted by Gasteiger charge is 2.20. The van der Waals surface area contributed by atoms with Gasteiger partial charge < -0.3 is 24.6 Å². The summed E-state index contributed by atoms with van der Waals surface area (Å²) < 4.78 is 10.4. The Bertz CT molecular complexity index is 848. The Morgan fingerprint density at radius 2 is 1.64 bits per heavy atom. The minimum Gasteiger partial charge on any atom is -0.493 e. The van der Waals surface area contributed by atoms with E-state index in [0.717, 1.165) is 0 Å². The van der Waals surface area contributed by atoms with Gasteiger partial charge in [-0.25, -0.2) is 9.97 Å². The first-order valence-electron chi connectivity index (χ1n) is 8.87. The van der Waals surface area contributed by atoms with Gasteiger partial charge in [-0.15, -0.1) is 0 Å². The second-order valence-corrected chi connectivity index (χ2v) is 6.29. The van der Waals surface area contributed by atoms with Crippen LogP contribution in [0.2, 0.25) is 0 Å². The molecular weight excluding hydrogens is 362 g/mol. The molecule has 1 aromatic heterocycles. The number of hydrogen-bond acceptors (Lipinski definition) is 7. The lowest BCUT2D eigenvalue weighted by molar-refractivity contribution is -0.129. The lowest BCUT2D eigenvalue weighted by Gasteiger charge is -2.34. The number of ether oxygens (including phenoxy) is 2. The summed E-state index contributed by atoms with van der Waals surface area (Å²) in [6.07, 6.45) is 2.99. The number of rotatable bonds is 5. The zero-order valence-electron chi connectivity index (χ0n) is 16.1. The van der Waals surface area contributed by atoms with Crippen LogP contribution in [0.4, 0.5) is 11.6 Å². The van der Waals surface area contributed by atoms with Gasteiger partial charge in [0.05, 0.1) is 19.8 Å². The molecule has 1 aliphatic rings. The van der Waals surface area contributed by atoms with Gasteiger partial charge in [-0.2, -0.15) is 0 Å². The molecule has 0 bridgehead atoms. The van der Waals surface area contributed by atoms with E-state index in [4.69, 9.17) is 9.47 Å². The van der Waals surface area contributed by atoms with Gasteiger partial charge in [0.25, 0.3) is 5.91 Å². The average molecular weight is 385 g/mol. The van der Waals surface area contributed by atoms with Crippen LogP contribution in [0, 0.1) is 0 Å². The van der Waals surface area contributed by atoms with Crippen molar-refractivity contribution in [1.82, 2.24) is 14.9 Å². The van der Waals surface area contributed by atoms with Gasteiger partial charge in [-0.1, -0.05) is 0 Å². The molecule has 3 rings (SSSR count). The van der Waals surface area contributed by atoms with Crippen LogP contribution in [0.15, 0.2) is 30.6 Å². The molecule has 0 spiro atoms. The Morgan fingerprint density at radius 1 is 1.00 bits per heavy atom. The molecule has 1 aliphatic heterocycles. The van der Waals surface area contributed by atoms with Crippen LogP contribution in [0.1, 0.15) is 17.3 Å². The third-order valence-corrected chi connectivity index (χ3v) is 4.55. The van der Waals surface area contributed by atoms with Crippen LogP contribution in [-0.2, 0) is 4.79 Å². The van der Waals surface area contributed by atoms with Crippen LogP contribution >= 0.6 is 0 Å². The first kappa shape index (κ1) is 19.4. The summed E-state index contributed by atoms with van der Waals surface area (Å²) in [4.78, 5) is 36.2. The first-order chi connectivity index (χ1) is 13.5. The Kier molecular flexibility index (Phi) is 5.93. The molecule has 0 unspecified atom stereocenters. The highest BCUT2D eigenvalue weighted by molar-refractivity contribution is 6.04. The van der Waals surface area contributed by atoms with Crippen molar-refractivity contribution in [3.8, 4) is 11.5 Å². The topological polar surface area (TPSA) is 96.9 Å². The summed E-state index contributed by atoms with van der Waals surface area (Å²) in [5.74, 6) is 1.41. The van der Waals surface area contributed by atoms with Crippen LogP contribution in [-0.4, -0.2) is 67.1 Å². The first-order valence-corrected chi connectivity index (χ1v) is 8.87. The number of methoxy groups -OCH3 is 2. The van der Waals surface area contributed by atoms with Crippen molar-refractivity contribution in [1.29, 1.82) is 0 Å². The molecule has 148 valence electrons. The number of aromatic nitrogens is 2. The molecule has 1 N–H and O–H groups in total. The number of benzene rings is 1. The predicted molar refractivity (Wildman–Crippen MR) is 104 cm³/mol. The monoisotopic (exact) mass is 385 g/mol. The minimum atomic E-state index is -0.319. The number of nitrogens with one attached hydrogen (secondary N) is 1. The minimum absolute atomic E-state index is 0.0720. The highest BCUT2D eigenvalue weighted by atomic mass is 16.5. The Balaban J connectivity index is 1.63. The number of carbonyl (C=O) groups is 2. The maximum atomic E-state index is 12.5. The molecule has 1 saturated heterocycles. The van der Waals surface area contributed by atoms with E-state index in [2.05, 4.69) is 15.3 Å². The van der Waals surface area contributed by atoms with Gasteiger partial charge in [0, 0.05) is 57.3 Å². The summed E-state index contributed by atoms with van der Waals surface area (Å²) in [6.45, 7) is 4.17. The van der Waals surface area contributed by atoms with E-state index >= 15 is 0 Å². The fraction of sp³-hybridized carbons (Fsp3) is 0.368. The van der Waals surface area contributed by atoms with Gasteiger partial charge >= 0.3 is 0 Å². The summed E-state index contributed by atoms with van der Waals surface area (Å²) in [7, 11) is 3.08. The van der Waals surface area contributed by atoms with Crippen LogP contribution in [0.25, 0.3) is 0 Å². The third-order valence-electron chi connectivity index (χ3n) is 4.55. The van der Waals surface area contributed by atoms with Gasteiger partial charge in [0.15, 0.2) is 11.5 Å². The summed E-state index contributed by atoms with van der Waals surface area (Å²) in [5.41, 5.74) is 0.924. The molecule has 9 heteroatoms. The molecule has 0 radical (unpaired) electrons. The van der Waals surface area contributed by atoms with E-state index in [1.54, 1.807) is 37.1 Å². The number of hydrogen-bond donors (Lipinski definition) is 1. The van der Waals surface area contributed by atoms with Crippen molar-refractivity contribution in [2.24, 2.45) is 0 Å². The lowest BCUT2D eigenvalue weighted by Crippen LogP contribution is -2.48. The molecule has 1 aromatic carbocycles. The second-order valence-electron chi connectivity index (χ2n) is 6.29. The van der Waals surface area contributed by atoms with E-state index in [9.17, 15) is 9.59 Å². The van der Waals surface area contributed by atoms with E-state index in [1.165, 1.54) is 19.5 Å². The quantitative estimate of drug-likeness (QED) is 0.831. The van der Waals surface area contributed by atoms with Crippen molar-refractivity contribution in [2.45, 2.75) is 6.92 Å². The smallest absolute Gasteiger partial charge is 0.258 e. The van der Waals surface area contributed by atoms with Crippen molar-refractivity contribution >= 4 is 23.5 Å². The van der Waals surface area contributed by atoms with E-state index in [-0.39, 0.29) is 11.8 Å². The fourth-order valence-electron chi connectivity index (χ4n) is 2.94. The average Bonchev–Trinajstić information content (AvgIpc) is 2.73. The molecule has 0 saturated carbocycles. The standard InChI is InChI=1S/C19H23N5O4/c1-13(25)23-6-8-24(9-7-23)19-20-11-14(12-21-19)18(26)22-15-4-5-16(27-2)17(10-15)28-3/h4-5,10-12H,6-9H2,1-3H3,(H,22,26). The zero-order valence-corrected chi connectivity index (χ0v) is 16.1. The van der Waals surface area contributed by atoms with Gasteiger partial charge in [-0.3, -0.25) is 9.59 Å². The second kappa shape index (κ2) is 8.55. The van der Waals surface area contributed by atoms with Gasteiger partial charge in [0.1, 0.15) is 0 Å². The summed E-state index contributed by atoms with van der Waals surface area (Å²) in [6, 6.07) is 5.12. The number of nitrogens with zero attached hydrogens (tertiary/aromatic N) is 4. The molecule has 0 atom stereocenters. The number of anilines is 2. The summed E-state index contributed by atoms with van der Waals surface area (Å²) in [5, 5.41) is 2.79. The Labute approximate surface area is 163 Å². The SMILES string of the molecule is COc1ccc(NC(=O)c2cnc(N3CCN(C(C)=O)CC3)nc2)cc1OC. The van der Waals surface area contributed by atoms with Crippen LogP contribution < -0.4 is 19.7 Å². The zero-order chi connectivity index (χ0) is 20.1.